The van der Waals surface area contributed by atoms with Gasteiger partial charge in [0, 0.05) is 31.4 Å². The highest BCUT2D eigenvalue weighted by Gasteiger charge is 2.39. The zero-order valence-corrected chi connectivity index (χ0v) is 17.4. The van der Waals surface area contributed by atoms with Crippen LogP contribution in [0.5, 0.6) is 0 Å². The Morgan fingerprint density at radius 1 is 1.26 bits per heavy atom. The Hall–Kier alpha value is -1.64. The fourth-order valence-electron chi connectivity index (χ4n) is 3.48. The van der Waals surface area contributed by atoms with E-state index >= 15 is 0 Å². The van der Waals surface area contributed by atoms with E-state index in [9.17, 15) is 9.59 Å². The van der Waals surface area contributed by atoms with Crippen LogP contribution >= 0.6 is 15.9 Å². The number of nitrogens with one attached hydrogen (secondary N) is 4. The zero-order valence-electron chi connectivity index (χ0n) is 15.8. The van der Waals surface area contributed by atoms with Gasteiger partial charge in [-0.05, 0) is 36.5 Å². The molecule has 4 N–H and O–H groups in total. The minimum atomic E-state index is -0.324. The first-order valence-corrected chi connectivity index (χ1v) is 10.4. The molecular weight excluding hydrogens is 410 g/mol. The van der Waals surface area contributed by atoms with E-state index in [4.69, 9.17) is 0 Å². The van der Waals surface area contributed by atoms with Crippen LogP contribution in [0.2, 0.25) is 0 Å². The van der Waals surface area contributed by atoms with Crippen LogP contribution in [0.25, 0.3) is 0 Å². The van der Waals surface area contributed by atoms with Crippen molar-refractivity contribution in [1.82, 2.24) is 21.1 Å². The molecule has 0 bridgehead atoms. The smallest absolute Gasteiger partial charge is 0.321 e. The number of likely N-dealkylation sites (tertiary alicyclic amines) is 1. The third-order valence-electron chi connectivity index (χ3n) is 5.11. The highest BCUT2D eigenvalue weighted by atomic mass is 79.9. The topological polar surface area (TPSA) is 85.5 Å². The molecule has 1 aromatic rings. The van der Waals surface area contributed by atoms with E-state index in [0.29, 0.717) is 12.5 Å². The summed E-state index contributed by atoms with van der Waals surface area (Å²) in [6.45, 7) is 6.28. The SMILES string of the molecule is CC(C)C1NNC(C(=O)NCc2cccc(NC(=O)N3CCCC3)c2)C1Br. The Morgan fingerprint density at radius 3 is 2.67 bits per heavy atom. The maximum absolute atomic E-state index is 12.5. The highest BCUT2D eigenvalue weighted by molar-refractivity contribution is 9.09. The number of amides is 3. The Kier molecular flexibility index (Phi) is 6.73. The number of nitrogens with zero attached hydrogens (tertiary/aromatic N) is 1. The molecule has 3 amide bonds. The van der Waals surface area contributed by atoms with Crippen molar-refractivity contribution in [3.63, 3.8) is 0 Å². The molecule has 3 atom stereocenters. The van der Waals surface area contributed by atoms with Gasteiger partial charge in [-0.15, -0.1) is 0 Å². The average molecular weight is 438 g/mol. The number of hydrogen-bond acceptors (Lipinski definition) is 4. The van der Waals surface area contributed by atoms with Gasteiger partial charge in [0.15, 0.2) is 0 Å². The normalized spacial score (nSPS) is 25.0. The highest BCUT2D eigenvalue weighted by Crippen LogP contribution is 2.22. The molecule has 27 heavy (non-hydrogen) atoms. The van der Waals surface area contributed by atoms with Gasteiger partial charge in [0.1, 0.15) is 6.04 Å². The molecule has 2 aliphatic heterocycles. The number of halogens is 1. The zero-order chi connectivity index (χ0) is 19.4. The van der Waals surface area contributed by atoms with E-state index in [2.05, 4.69) is 51.3 Å². The summed E-state index contributed by atoms with van der Waals surface area (Å²) in [5.41, 5.74) is 7.95. The summed E-state index contributed by atoms with van der Waals surface area (Å²) < 4.78 is 0. The summed E-state index contributed by atoms with van der Waals surface area (Å²) in [6.07, 6.45) is 2.13. The Balaban J connectivity index is 1.52. The lowest BCUT2D eigenvalue weighted by Crippen LogP contribution is -2.45. The van der Waals surface area contributed by atoms with Crippen LogP contribution in [0.1, 0.15) is 32.3 Å². The second-order valence-electron chi connectivity index (χ2n) is 7.52. The van der Waals surface area contributed by atoms with Crippen LogP contribution < -0.4 is 21.5 Å². The second-order valence-corrected chi connectivity index (χ2v) is 8.58. The molecule has 0 aromatic heterocycles. The monoisotopic (exact) mass is 437 g/mol. The molecule has 8 heteroatoms. The van der Waals surface area contributed by atoms with E-state index in [0.717, 1.165) is 37.2 Å². The molecule has 0 spiro atoms. The summed E-state index contributed by atoms with van der Waals surface area (Å²) in [5.74, 6) is 0.356. The second kappa shape index (κ2) is 9.03. The first kappa shape index (κ1) is 20.1. The van der Waals surface area contributed by atoms with Crippen molar-refractivity contribution in [3.8, 4) is 0 Å². The van der Waals surface area contributed by atoms with Crippen LogP contribution in [-0.2, 0) is 11.3 Å². The van der Waals surface area contributed by atoms with Gasteiger partial charge in [-0.1, -0.05) is 41.9 Å². The van der Waals surface area contributed by atoms with Gasteiger partial charge in [0.25, 0.3) is 0 Å². The number of alkyl halides is 1. The van der Waals surface area contributed by atoms with Crippen LogP contribution in [0, 0.1) is 5.92 Å². The maximum Gasteiger partial charge on any atom is 0.321 e. The molecule has 0 radical (unpaired) electrons. The number of hydrazine groups is 1. The third kappa shape index (κ3) is 5.00. The van der Waals surface area contributed by atoms with Gasteiger partial charge in [-0.3, -0.25) is 10.2 Å². The van der Waals surface area contributed by atoms with E-state index in [1.807, 2.05) is 29.2 Å². The predicted molar refractivity (Wildman–Crippen MR) is 110 cm³/mol. The molecule has 2 saturated heterocycles. The van der Waals surface area contributed by atoms with Crippen molar-refractivity contribution >= 4 is 33.6 Å². The minimum Gasteiger partial charge on any atom is -0.351 e. The largest absolute Gasteiger partial charge is 0.351 e. The minimum absolute atomic E-state index is 0.0311. The van der Waals surface area contributed by atoms with Crippen molar-refractivity contribution in [3.05, 3.63) is 29.8 Å². The standard InChI is InChI=1S/C19H28BrN5O2/c1-12(2)16-15(20)17(24-23-16)18(26)21-11-13-6-5-7-14(10-13)22-19(27)25-8-3-4-9-25/h5-7,10,12,15-17,23-24H,3-4,8-9,11H2,1-2H3,(H,21,26)(H,22,27). The number of urea groups is 1. The summed E-state index contributed by atoms with van der Waals surface area (Å²) in [4.78, 5) is 26.6. The molecular formula is C19H28BrN5O2. The van der Waals surface area contributed by atoms with Crippen LogP contribution in [0.4, 0.5) is 10.5 Å². The van der Waals surface area contributed by atoms with Gasteiger partial charge in [0.2, 0.25) is 5.91 Å². The summed E-state index contributed by atoms with van der Waals surface area (Å²) in [6, 6.07) is 7.41. The van der Waals surface area contributed by atoms with E-state index in [1.54, 1.807) is 0 Å². The fraction of sp³-hybridized carbons (Fsp3) is 0.579. The van der Waals surface area contributed by atoms with Crippen molar-refractivity contribution < 1.29 is 9.59 Å². The number of carbonyl (C=O) groups is 2. The molecule has 2 aliphatic rings. The van der Waals surface area contributed by atoms with Crippen LogP contribution in [0.15, 0.2) is 24.3 Å². The lowest BCUT2D eigenvalue weighted by atomic mass is 9.99. The first-order chi connectivity index (χ1) is 13.0. The summed E-state index contributed by atoms with van der Waals surface area (Å²) in [5, 5.41) is 5.91. The fourth-order valence-corrected chi connectivity index (χ4v) is 4.59. The quantitative estimate of drug-likeness (QED) is 0.531. The van der Waals surface area contributed by atoms with E-state index < -0.39 is 0 Å². The van der Waals surface area contributed by atoms with Crippen molar-refractivity contribution in [1.29, 1.82) is 0 Å². The molecule has 0 aliphatic carbocycles. The third-order valence-corrected chi connectivity index (χ3v) is 6.20. The molecule has 3 rings (SSSR count). The summed E-state index contributed by atoms with van der Waals surface area (Å²) in [7, 11) is 0. The van der Waals surface area contributed by atoms with Gasteiger partial charge < -0.3 is 15.5 Å². The molecule has 0 saturated carbocycles. The molecule has 3 unspecified atom stereocenters. The predicted octanol–water partition coefficient (Wildman–Crippen LogP) is 2.20. The average Bonchev–Trinajstić information content (AvgIpc) is 3.30. The van der Waals surface area contributed by atoms with Gasteiger partial charge >= 0.3 is 6.03 Å². The number of hydrogen-bond donors (Lipinski definition) is 4. The number of anilines is 1. The first-order valence-electron chi connectivity index (χ1n) is 9.53. The Labute approximate surface area is 168 Å². The number of rotatable bonds is 5. The van der Waals surface area contributed by atoms with Crippen molar-refractivity contribution in [2.24, 2.45) is 5.92 Å². The van der Waals surface area contributed by atoms with Gasteiger partial charge in [-0.2, -0.15) is 0 Å². The molecule has 1 aromatic carbocycles. The van der Waals surface area contributed by atoms with E-state index in [-0.39, 0.29) is 28.8 Å². The van der Waals surface area contributed by atoms with Crippen molar-refractivity contribution in [2.45, 2.75) is 50.1 Å². The lowest BCUT2D eigenvalue weighted by Gasteiger charge is -2.19. The molecule has 148 valence electrons. The van der Waals surface area contributed by atoms with Crippen LogP contribution in [-0.4, -0.2) is 46.8 Å². The molecule has 7 nitrogen and oxygen atoms in total. The lowest BCUT2D eigenvalue weighted by molar-refractivity contribution is -0.122. The summed E-state index contributed by atoms with van der Waals surface area (Å²) >= 11 is 3.63. The maximum atomic E-state index is 12.5. The van der Waals surface area contributed by atoms with Gasteiger partial charge in [-0.25, -0.2) is 10.2 Å². The Morgan fingerprint density at radius 2 is 2.00 bits per heavy atom. The molecule has 2 heterocycles. The van der Waals surface area contributed by atoms with Crippen molar-refractivity contribution in [2.75, 3.05) is 18.4 Å². The van der Waals surface area contributed by atoms with Crippen LogP contribution in [0.3, 0.4) is 0 Å². The number of benzene rings is 1. The Bertz CT molecular complexity index is 678. The van der Waals surface area contributed by atoms with Gasteiger partial charge in [0.05, 0.1) is 4.83 Å². The number of carbonyl (C=O) groups excluding carboxylic acids is 2. The molecule has 2 fully saturated rings. The van der Waals surface area contributed by atoms with E-state index in [1.165, 1.54) is 0 Å².